The Morgan fingerprint density at radius 2 is 2.31 bits per heavy atom. The van der Waals surface area contributed by atoms with Crippen molar-refractivity contribution in [1.29, 1.82) is 0 Å². The molecule has 0 saturated heterocycles. The number of hydrogen-bond donors (Lipinski definition) is 1. The summed E-state index contributed by atoms with van der Waals surface area (Å²) in [7, 11) is 1.51. The summed E-state index contributed by atoms with van der Waals surface area (Å²) in [6, 6.07) is 4.37. The lowest BCUT2D eigenvalue weighted by molar-refractivity contribution is 0.410. The quantitative estimate of drug-likeness (QED) is 0.819. The monoisotopic (exact) mass is 203 g/mol. The van der Waals surface area contributed by atoms with E-state index >= 15 is 0 Å². The predicted octanol–water partition coefficient (Wildman–Crippen LogP) is 2.32. The maximum absolute atomic E-state index is 12.2. The Morgan fingerprint density at radius 1 is 1.62 bits per heavy atom. The van der Waals surface area contributed by atoms with Crippen molar-refractivity contribution < 1.29 is 9.13 Å². The Balaban J connectivity index is 2.99. The SMILES string of the molecule is COc1cc([C@H](N)CF)ccc1Cl. The number of ether oxygens (including phenoxy) is 1. The van der Waals surface area contributed by atoms with Crippen LogP contribution in [-0.4, -0.2) is 13.8 Å². The normalized spacial score (nSPS) is 12.6. The average molecular weight is 204 g/mol. The van der Waals surface area contributed by atoms with Crippen molar-refractivity contribution >= 4 is 11.6 Å². The third-order valence-corrected chi connectivity index (χ3v) is 2.08. The predicted molar refractivity (Wildman–Crippen MR) is 50.9 cm³/mol. The second-order valence-corrected chi connectivity index (χ2v) is 3.06. The van der Waals surface area contributed by atoms with Gasteiger partial charge >= 0.3 is 0 Å². The molecule has 0 saturated carbocycles. The van der Waals surface area contributed by atoms with Gasteiger partial charge in [-0.25, -0.2) is 4.39 Å². The maximum Gasteiger partial charge on any atom is 0.137 e. The van der Waals surface area contributed by atoms with Crippen LogP contribution in [0.1, 0.15) is 11.6 Å². The number of hydrogen-bond acceptors (Lipinski definition) is 2. The smallest absolute Gasteiger partial charge is 0.137 e. The topological polar surface area (TPSA) is 35.2 Å². The van der Waals surface area contributed by atoms with Crippen LogP contribution in [0.25, 0.3) is 0 Å². The van der Waals surface area contributed by atoms with Gasteiger partial charge in [0.1, 0.15) is 12.4 Å². The molecule has 4 heteroatoms. The van der Waals surface area contributed by atoms with Crippen LogP contribution < -0.4 is 10.5 Å². The molecule has 0 aromatic heterocycles. The summed E-state index contributed by atoms with van der Waals surface area (Å²) in [5, 5.41) is 0.498. The van der Waals surface area contributed by atoms with Crippen LogP contribution in [0.2, 0.25) is 5.02 Å². The number of methoxy groups -OCH3 is 1. The van der Waals surface area contributed by atoms with E-state index in [4.69, 9.17) is 22.1 Å². The van der Waals surface area contributed by atoms with Crippen LogP contribution in [0.4, 0.5) is 4.39 Å². The van der Waals surface area contributed by atoms with Gasteiger partial charge in [0.15, 0.2) is 0 Å². The molecule has 0 amide bonds. The highest BCUT2D eigenvalue weighted by Gasteiger charge is 2.08. The Labute approximate surface area is 81.4 Å². The number of nitrogens with two attached hydrogens (primary N) is 1. The van der Waals surface area contributed by atoms with Crippen LogP contribution in [0.15, 0.2) is 18.2 Å². The van der Waals surface area contributed by atoms with E-state index in [1.165, 1.54) is 7.11 Å². The molecular weight excluding hydrogens is 193 g/mol. The molecule has 1 aromatic carbocycles. The van der Waals surface area contributed by atoms with E-state index in [2.05, 4.69) is 0 Å². The van der Waals surface area contributed by atoms with E-state index in [1.54, 1.807) is 18.2 Å². The number of benzene rings is 1. The van der Waals surface area contributed by atoms with Gasteiger partial charge in [0.25, 0.3) is 0 Å². The fourth-order valence-corrected chi connectivity index (χ4v) is 1.19. The lowest BCUT2D eigenvalue weighted by Crippen LogP contribution is -2.12. The first-order valence-electron chi connectivity index (χ1n) is 3.84. The standard InChI is InChI=1S/C9H11ClFNO/c1-13-9-4-6(8(12)5-11)2-3-7(9)10/h2-4,8H,5,12H2,1H3/t8-/m1/s1. The molecule has 13 heavy (non-hydrogen) atoms. The summed E-state index contributed by atoms with van der Waals surface area (Å²) in [6.07, 6.45) is 0. The molecule has 1 atom stereocenters. The van der Waals surface area contributed by atoms with Gasteiger partial charge in [-0.3, -0.25) is 0 Å². The van der Waals surface area contributed by atoms with Gasteiger partial charge in [-0.15, -0.1) is 0 Å². The molecule has 0 unspecified atom stereocenters. The van der Waals surface area contributed by atoms with Crippen molar-refractivity contribution in [2.75, 3.05) is 13.8 Å². The molecule has 0 aliphatic rings. The highest BCUT2D eigenvalue weighted by molar-refractivity contribution is 6.32. The van der Waals surface area contributed by atoms with Gasteiger partial charge in [0.05, 0.1) is 18.2 Å². The Hall–Kier alpha value is -0.800. The maximum atomic E-state index is 12.2. The van der Waals surface area contributed by atoms with Crippen molar-refractivity contribution in [3.8, 4) is 5.75 Å². The minimum Gasteiger partial charge on any atom is -0.495 e. The van der Waals surface area contributed by atoms with Crippen LogP contribution in [0, 0.1) is 0 Å². The van der Waals surface area contributed by atoms with Gasteiger partial charge in [-0.2, -0.15) is 0 Å². The third kappa shape index (κ3) is 2.32. The molecule has 2 N–H and O–H groups in total. The first-order valence-corrected chi connectivity index (χ1v) is 4.21. The third-order valence-electron chi connectivity index (χ3n) is 1.77. The van der Waals surface area contributed by atoms with Crippen LogP contribution in [0.3, 0.4) is 0 Å². The summed E-state index contributed by atoms with van der Waals surface area (Å²) >= 11 is 5.78. The van der Waals surface area contributed by atoms with Gasteiger partial charge in [-0.05, 0) is 17.7 Å². The summed E-state index contributed by atoms with van der Waals surface area (Å²) in [4.78, 5) is 0. The van der Waals surface area contributed by atoms with Crippen molar-refractivity contribution in [2.24, 2.45) is 5.73 Å². The molecule has 72 valence electrons. The zero-order valence-corrected chi connectivity index (χ0v) is 8.01. The summed E-state index contributed by atoms with van der Waals surface area (Å²) in [5.74, 6) is 0.517. The Bertz CT molecular complexity index is 293. The van der Waals surface area contributed by atoms with E-state index in [0.29, 0.717) is 16.3 Å². The molecule has 0 spiro atoms. The van der Waals surface area contributed by atoms with E-state index in [1.807, 2.05) is 0 Å². The lowest BCUT2D eigenvalue weighted by Gasteiger charge is -2.09. The van der Waals surface area contributed by atoms with Crippen LogP contribution in [0.5, 0.6) is 5.75 Å². The second-order valence-electron chi connectivity index (χ2n) is 2.65. The lowest BCUT2D eigenvalue weighted by atomic mass is 10.1. The summed E-state index contributed by atoms with van der Waals surface area (Å²) in [5.41, 5.74) is 6.18. The highest BCUT2D eigenvalue weighted by Crippen LogP contribution is 2.27. The van der Waals surface area contributed by atoms with Crippen molar-refractivity contribution in [2.45, 2.75) is 6.04 Å². The number of halogens is 2. The molecule has 1 aromatic rings. The largest absolute Gasteiger partial charge is 0.495 e. The number of alkyl halides is 1. The number of rotatable bonds is 3. The van der Waals surface area contributed by atoms with E-state index in [0.717, 1.165) is 0 Å². The zero-order valence-electron chi connectivity index (χ0n) is 7.26. The first kappa shape index (κ1) is 10.3. The van der Waals surface area contributed by atoms with Crippen molar-refractivity contribution in [3.05, 3.63) is 28.8 Å². The highest BCUT2D eigenvalue weighted by atomic mass is 35.5. The molecule has 2 nitrogen and oxygen atoms in total. The molecule has 0 fully saturated rings. The summed E-state index contributed by atoms with van der Waals surface area (Å²) in [6.45, 7) is -0.592. The van der Waals surface area contributed by atoms with E-state index in [-0.39, 0.29) is 0 Å². The van der Waals surface area contributed by atoms with Crippen LogP contribution in [-0.2, 0) is 0 Å². The van der Waals surface area contributed by atoms with E-state index in [9.17, 15) is 4.39 Å². The van der Waals surface area contributed by atoms with Crippen molar-refractivity contribution in [3.63, 3.8) is 0 Å². The zero-order chi connectivity index (χ0) is 9.84. The van der Waals surface area contributed by atoms with Gasteiger partial charge in [-0.1, -0.05) is 17.7 Å². The van der Waals surface area contributed by atoms with E-state index < -0.39 is 12.7 Å². The fraction of sp³-hybridized carbons (Fsp3) is 0.333. The van der Waals surface area contributed by atoms with Crippen LogP contribution >= 0.6 is 11.6 Å². The fourth-order valence-electron chi connectivity index (χ4n) is 0.996. The molecule has 1 rings (SSSR count). The minimum atomic E-state index is -0.605. The minimum absolute atomic E-state index is 0.498. The molecule has 0 bridgehead atoms. The van der Waals surface area contributed by atoms with Gasteiger partial charge < -0.3 is 10.5 Å². The average Bonchev–Trinajstić information content (AvgIpc) is 2.17. The molecule has 0 aliphatic heterocycles. The van der Waals surface area contributed by atoms with Gasteiger partial charge in [0, 0.05) is 0 Å². The summed E-state index contributed by atoms with van der Waals surface area (Å²) < 4.78 is 17.2. The first-order chi connectivity index (χ1) is 6.19. The molecule has 0 radical (unpaired) electrons. The Morgan fingerprint density at radius 3 is 2.85 bits per heavy atom. The molecule has 0 aliphatic carbocycles. The second kappa shape index (κ2) is 4.44. The molecular formula is C9H11ClFNO. The van der Waals surface area contributed by atoms with Crippen molar-refractivity contribution in [1.82, 2.24) is 0 Å². The Kier molecular flexibility index (Phi) is 3.51. The van der Waals surface area contributed by atoms with Gasteiger partial charge in [0.2, 0.25) is 0 Å². The molecule has 0 heterocycles.